The standard InChI is InChI=1S/C2H4O2S2.2H3N/c3-1(4)2(5)6;;/h2,5-6H,(H,3,4);2*1H3. The van der Waals surface area contributed by atoms with Crippen molar-refractivity contribution in [2.45, 2.75) is 4.58 Å². The maximum Gasteiger partial charge on any atom is 0.326 e. The van der Waals surface area contributed by atoms with Crippen molar-refractivity contribution in [2.24, 2.45) is 0 Å². The summed E-state index contributed by atoms with van der Waals surface area (Å²) in [6, 6.07) is 0. The third-order valence-electron chi connectivity index (χ3n) is 0.221. The first-order valence-electron chi connectivity index (χ1n) is 1.23. The molecule has 0 amide bonds. The summed E-state index contributed by atoms with van der Waals surface area (Å²) in [6.07, 6.45) is 0. The van der Waals surface area contributed by atoms with Crippen molar-refractivity contribution in [3.05, 3.63) is 0 Å². The molecule has 0 aromatic heterocycles. The second-order valence-corrected chi connectivity index (χ2v) is 2.15. The van der Waals surface area contributed by atoms with E-state index < -0.39 is 10.6 Å². The number of thiol groups is 2. The van der Waals surface area contributed by atoms with Crippen molar-refractivity contribution in [3.63, 3.8) is 0 Å². The van der Waals surface area contributed by atoms with E-state index in [1.807, 2.05) is 0 Å². The normalized spacial score (nSPS) is 6.88. The van der Waals surface area contributed by atoms with E-state index in [-0.39, 0.29) is 12.3 Å². The molecule has 4 nitrogen and oxygen atoms in total. The highest BCUT2D eigenvalue weighted by molar-refractivity contribution is 8.00. The molecule has 0 aliphatic heterocycles. The molecule has 0 aromatic rings. The van der Waals surface area contributed by atoms with Gasteiger partial charge in [-0.25, -0.2) is 0 Å². The van der Waals surface area contributed by atoms with Crippen LogP contribution in [0.15, 0.2) is 0 Å². The molecule has 0 unspecified atom stereocenters. The van der Waals surface area contributed by atoms with Crippen molar-refractivity contribution in [1.29, 1.82) is 0 Å². The van der Waals surface area contributed by atoms with E-state index in [9.17, 15) is 4.79 Å². The van der Waals surface area contributed by atoms with Crippen molar-refractivity contribution >= 4 is 31.2 Å². The smallest absolute Gasteiger partial charge is 0.326 e. The third kappa shape index (κ3) is 9.43. The fourth-order valence-electron chi connectivity index (χ4n) is 0. The lowest BCUT2D eigenvalue weighted by Crippen LogP contribution is -2.04. The Morgan fingerprint density at radius 1 is 1.38 bits per heavy atom. The molecule has 0 heterocycles. The summed E-state index contributed by atoms with van der Waals surface area (Å²) in [7, 11) is 0. The van der Waals surface area contributed by atoms with Gasteiger partial charge in [-0.3, -0.25) is 4.79 Å². The number of hydrogen-bond acceptors (Lipinski definition) is 5. The van der Waals surface area contributed by atoms with E-state index in [0.717, 1.165) is 0 Å². The van der Waals surface area contributed by atoms with Crippen LogP contribution in [0.4, 0.5) is 0 Å². The zero-order valence-electron chi connectivity index (χ0n) is 4.24. The van der Waals surface area contributed by atoms with Gasteiger partial charge in [0.2, 0.25) is 0 Å². The number of hydrogen-bond donors (Lipinski definition) is 5. The third-order valence-corrected chi connectivity index (χ3v) is 0.663. The molecule has 0 fully saturated rings. The fraction of sp³-hybridized carbons (Fsp3) is 0.500. The topological polar surface area (TPSA) is 107 Å². The van der Waals surface area contributed by atoms with E-state index in [1.54, 1.807) is 0 Å². The Morgan fingerprint density at radius 2 is 1.50 bits per heavy atom. The zero-order valence-corrected chi connectivity index (χ0v) is 6.03. The minimum atomic E-state index is -1.01. The molecule has 6 heteroatoms. The molecular formula is C2H10N2O2S2. The van der Waals surface area contributed by atoms with Crippen LogP contribution in [-0.2, 0) is 4.79 Å². The lowest BCUT2D eigenvalue weighted by Gasteiger charge is -1.87. The van der Waals surface area contributed by atoms with Gasteiger partial charge >= 0.3 is 5.97 Å². The molecule has 0 spiro atoms. The number of aliphatic carboxylic acids is 1. The predicted molar refractivity (Wildman–Crippen MR) is 39.4 cm³/mol. The summed E-state index contributed by atoms with van der Waals surface area (Å²) in [4.78, 5) is 9.55. The highest BCUT2D eigenvalue weighted by Crippen LogP contribution is 1.96. The molecule has 0 bridgehead atoms. The van der Waals surface area contributed by atoms with E-state index in [1.165, 1.54) is 0 Å². The SMILES string of the molecule is N.N.O=C(O)C(S)S. The van der Waals surface area contributed by atoms with Crippen molar-refractivity contribution in [1.82, 2.24) is 12.3 Å². The molecule has 8 heavy (non-hydrogen) atoms. The van der Waals surface area contributed by atoms with Gasteiger partial charge in [0.25, 0.3) is 0 Å². The molecule has 0 radical (unpaired) electrons. The second kappa shape index (κ2) is 7.09. The first-order valence-corrected chi connectivity index (χ1v) is 2.27. The molecule has 0 rings (SSSR count). The number of carbonyl (C=O) groups is 1. The van der Waals surface area contributed by atoms with Crippen LogP contribution in [0.5, 0.6) is 0 Å². The predicted octanol–water partition coefficient (Wildman–Crippen LogP) is 0.581. The zero-order chi connectivity index (χ0) is 5.15. The van der Waals surface area contributed by atoms with Crippen LogP contribution in [0.2, 0.25) is 0 Å². The molecule has 0 saturated heterocycles. The van der Waals surface area contributed by atoms with Gasteiger partial charge < -0.3 is 17.4 Å². The summed E-state index contributed by atoms with van der Waals surface area (Å²) in [5.41, 5.74) is 0. The fourth-order valence-corrected chi connectivity index (χ4v) is 0. The van der Waals surface area contributed by atoms with Crippen LogP contribution >= 0.6 is 25.3 Å². The summed E-state index contributed by atoms with van der Waals surface area (Å²) >= 11 is 6.92. The van der Waals surface area contributed by atoms with Gasteiger partial charge in [-0.15, -0.1) is 0 Å². The molecule has 0 saturated carbocycles. The van der Waals surface area contributed by atoms with Crippen molar-refractivity contribution in [2.75, 3.05) is 0 Å². The number of carboxylic acids is 1. The molecule has 0 atom stereocenters. The maximum atomic E-state index is 9.55. The average Bonchev–Trinajstić information content (AvgIpc) is 1.36. The van der Waals surface area contributed by atoms with Gasteiger partial charge in [-0.1, -0.05) is 0 Å². The highest BCUT2D eigenvalue weighted by Gasteiger charge is 2.01. The highest BCUT2D eigenvalue weighted by atomic mass is 32.2. The van der Waals surface area contributed by atoms with Gasteiger partial charge in [0.1, 0.15) is 4.58 Å². The van der Waals surface area contributed by atoms with Crippen LogP contribution in [0.1, 0.15) is 0 Å². The van der Waals surface area contributed by atoms with Crippen LogP contribution in [0, 0.1) is 0 Å². The van der Waals surface area contributed by atoms with E-state index >= 15 is 0 Å². The number of carboxylic acid groups (broad SMARTS) is 1. The minimum absolute atomic E-state index is 0. The van der Waals surface area contributed by atoms with Crippen LogP contribution in [0.3, 0.4) is 0 Å². The Morgan fingerprint density at radius 3 is 1.50 bits per heavy atom. The van der Waals surface area contributed by atoms with E-state index in [2.05, 4.69) is 25.3 Å². The summed E-state index contributed by atoms with van der Waals surface area (Å²) in [5, 5.41) is 7.84. The van der Waals surface area contributed by atoms with Crippen LogP contribution in [0.25, 0.3) is 0 Å². The van der Waals surface area contributed by atoms with E-state index in [4.69, 9.17) is 5.11 Å². The van der Waals surface area contributed by atoms with Gasteiger partial charge in [0.15, 0.2) is 0 Å². The molecule has 7 N–H and O–H groups in total. The van der Waals surface area contributed by atoms with Gasteiger partial charge in [0.05, 0.1) is 0 Å². The maximum absolute atomic E-state index is 9.55. The van der Waals surface area contributed by atoms with Crippen molar-refractivity contribution in [3.8, 4) is 0 Å². The Balaban J connectivity index is -0.000000125. The van der Waals surface area contributed by atoms with Gasteiger partial charge in [-0.05, 0) is 0 Å². The van der Waals surface area contributed by atoms with Gasteiger partial charge in [-0.2, -0.15) is 25.3 Å². The molecule has 0 aliphatic carbocycles. The average molecular weight is 158 g/mol. The molecular weight excluding hydrogens is 148 g/mol. The lowest BCUT2D eigenvalue weighted by molar-refractivity contribution is -0.134. The Hall–Kier alpha value is 0.0900. The van der Waals surface area contributed by atoms with Gasteiger partial charge in [0, 0.05) is 0 Å². The minimum Gasteiger partial charge on any atom is -0.480 e. The number of rotatable bonds is 1. The Bertz CT molecular complexity index is 67.1. The quantitative estimate of drug-likeness (QED) is 0.284. The summed E-state index contributed by atoms with van der Waals surface area (Å²) in [5.74, 6) is -1.01. The van der Waals surface area contributed by atoms with E-state index in [0.29, 0.717) is 0 Å². The summed E-state index contributed by atoms with van der Waals surface area (Å²) in [6.45, 7) is 0. The Kier molecular flexibility index (Phi) is 13.9. The molecule has 0 aliphatic rings. The van der Waals surface area contributed by atoms with Crippen LogP contribution < -0.4 is 12.3 Å². The first-order chi connectivity index (χ1) is 2.64. The van der Waals surface area contributed by atoms with Crippen LogP contribution in [-0.4, -0.2) is 15.7 Å². The summed E-state index contributed by atoms with van der Waals surface area (Å²) < 4.78 is -0.843. The molecule has 52 valence electrons. The van der Waals surface area contributed by atoms with Crippen molar-refractivity contribution < 1.29 is 9.90 Å². The lowest BCUT2D eigenvalue weighted by atomic mass is 10.8. The monoisotopic (exact) mass is 158 g/mol. The first kappa shape index (κ1) is 15.7. The second-order valence-electron chi connectivity index (χ2n) is 0.712. The largest absolute Gasteiger partial charge is 0.480 e. The molecule has 0 aromatic carbocycles. The Labute approximate surface area is 58.6 Å².